The third-order valence-corrected chi connectivity index (χ3v) is 28.7. The second kappa shape index (κ2) is 37.2. The van der Waals surface area contributed by atoms with Crippen molar-refractivity contribution in [1.29, 1.82) is 0 Å². The van der Waals surface area contributed by atoms with Gasteiger partial charge in [0.25, 0.3) is 0 Å². The number of rotatable bonds is 23. The van der Waals surface area contributed by atoms with E-state index >= 15 is 0 Å². The summed E-state index contributed by atoms with van der Waals surface area (Å²) in [4.78, 5) is 63.2. The normalized spacial score (nSPS) is 26.6. The van der Waals surface area contributed by atoms with Crippen molar-refractivity contribution >= 4 is 29.8 Å². The minimum Gasteiger partial charge on any atom is -0.445 e. The monoisotopic (exact) mass is 1450 g/mol. The molecule has 0 aromatic rings. The molecule has 11 rings (SSSR count). The molecular formula is C95H150O10. The molecule has 105 heavy (non-hydrogen) atoms. The van der Waals surface area contributed by atoms with Gasteiger partial charge in [0.05, 0.1) is 27.1 Å². The molecule has 11 fully saturated rings. The first-order valence-corrected chi connectivity index (χ1v) is 42.6. The van der Waals surface area contributed by atoms with Gasteiger partial charge in [-0.15, -0.1) is 29.6 Å². The molecule has 0 aromatic carbocycles. The zero-order valence-electron chi connectivity index (χ0n) is 71.3. The lowest BCUT2D eigenvalue weighted by Gasteiger charge is -2.61. The first-order valence-electron chi connectivity index (χ1n) is 42.6. The molecule has 0 spiro atoms. The van der Waals surface area contributed by atoms with Crippen molar-refractivity contribution < 1.29 is 47.7 Å². The average Bonchev–Trinajstić information content (AvgIpc) is 1.62. The van der Waals surface area contributed by atoms with Crippen molar-refractivity contribution in [3.05, 3.63) is 0 Å². The van der Waals surface area contributed by atoms with Crippen LogP contribution in [-0.4, -0.2) is 57.9 Å². The van der Waals surface area contributed by atoms with E-state index in [4.69, 9.17) is 23.7 Å². The molecule has 0 aromatic heterocycles. The number of fused-ring (bicyclic) bond motifs is 2. The van der Waals surface area contributed by atoms with E-state index in [1.165, 1.54) is 116 Å². The Labute approximate surface area is 642 Å². The van der Waals surface area contributed by atoms with Crippen LogP contribution in [0.5, 0.6) is 0 Å². The Morgan fingerprint density at radius 2 is 0.657 bits per heavy atom. The second-order valence-corrected chi connectivity index (χ2v) is 38.4. The molecule has 7 atom stereocenters. The highest BCUT2D eigenvalue weighted by molar-refractivity contribution is 5.79. The summed E-state index contributed by atoms with van der Waals surface area (Å²) in [6.45, 7) is 47.6. The SMILES string of the molecule is CC#CC(C)(OC(=O)C(C)(C)CC)C12CC3CC(CC(C3)C1)C2.CC#CC(C)(OC(=O)C(C)(C)CC)C1CC2CCC1C2.CC#CC(OC(=O)C(C)(C)CC)(C(C)C)C1CCCC1.CC#CC(OC(=O)C(C)(C)CC)(C1CCCC1)C1CC1.CC#CC(OC(=O)C(C)(C)CC)(C1CCCC1)C1CCCC1. The van der Waals surface area contributed by atoms with Gasteiger partial charge >= 0.3 is 29.8 Å². The highest BCUT2D eigenvalue weighted by atomic mass is 16.6. The first-order chi connectivity index (χ1) is 49.3. The van der Waals surface area contributed by atoms with Gasteiger partial charge in [0.2, 0.25) is 0 Å². The highest BCUT2D eigenvalue weighted by Crippen LogP contribution is 2.65. The second-order valence-electron chi connectivity index (χ2n) is 38.4. The molecule has 0 N–H and O–H groups in total. The maximum Gasteiger partial charge on any atom is 0.313 e. The van der Waals surface area contributed by atoms with Crippen molar-refractivity contribution in [2.24, 2.45) is 104 Å². The summed E-state index contributed by atoms with van der Waals surface area (Å²) < 4.78 is 30.7. The number of hydrogen-bond acceptors (Lipinski definition) is 10. The molecule has 0 aliphatic heterocycles. The summed E-state index contributed by atoms with van der Waals surface area (Å²) in [6, 6.07) is 0. The molecule has 6 bridgehead atoms. The van der Waals surface area contributed by atoms with Crippen LogP contribution in [0.25, 0.3) is 0 Å². The molecule has 0 heterocycles. The van der Waals surface area contributed by atoms with E-state index in [0.717, 1.165) is 120 Å². The Bertz CT molecular complexity index is 3110. The Kier molecular flexibility index (Phi) is 31.6. The fraction of sp³-hybridized carbons (Fsp3) is 0.842. The molecule has 11 aliphatic carbocycles. The van der Waals surface area contributed by atoms with E-state index < -0.39 is 55.1 Å². The van der Waals surface area contributed by atoms with Gasteiger partial charge in [-0.2, -0.15) is 0 Å². The molecule has 11 aliphatic rings. The first kappa shape index (κ1) is 89.0. The van der Waals surface area contributed by atoms with Crippen molar-refractivity contribution in [2.45, 2.75) is 406 Å². The summed E-state index contributed by atoms with van der Waals surface area (Å²) in [5.74, 6) is 38.2. The number of esters is 5. The van der Waals surface area contributed by atoms with Gasteiger partial charge in [-0.25, -0.2) is 0 Å². The average molecular weight is 1450 g/mol. The summed E-state index contributed by atoms with van der Waals surface area (Å²) >= 11 is 0. The highest BCUT2D eigenvalue weighted by Gasteiger charge is 2.62. The lowest BCUT2D eigenvalue weighted by Crippen LogP contribution is -2.58. The van der Waals surface area contributed by atoms with Gasteiger partial charge in [-0.1, -0.05) is 136 Å². The third kappa shape index (κ3) is 21.0. The lowest BCUT2D eigenvalue weighted by molar-refractivity contribution is -0.195. The molecule has 10 nitrogen and oxygen atoms in total. The Morgan fingerprint density at radius 1 is 0.343 bits per heavy atom. The molecule has 0 radical (unpaired) electrons. The van der Waals surface area contributed by atoms with Crippen molar-refractivity contribution in [2.75, 3.05) is 0 Å². The van der Waals surface area contributed by atoms with E-state index in [9.17, 15) is 24.0 Å². The van der Waals surface area contributed by atoms with Crippen molar-refractivity contribution in [1.82, 2.24) is 0 Å². The lowest BCUT2D eigenvalue weighted by atomic mass is 9.45. The van der Waals surface area contributed by atoms with Gasteiger partial charge in [0.1, 0.15) is 0 Å². The van der Waals surface area contributed by atoms with Crippen molar-refractivity contribution in [3.8, 4) is 59.2 Å². The summed E-state index contributed by atoms with van der Waals surface area (Å²) in [7, 11) is 0. The van der Waals surface area contributed by atoms with Gasteiger partial charge in [-0.3, -0.25) is 24.0 Å². The van der Waals surface area contributed by atoms with Crippen LogP contribution < -0.4 is 0 Å². The zero-order chi connectivity index (χ0) is 78.3. The predicted molar refractivity (Wildman–Crippen MR) is 428 cm³/mol. The van der Waals surface area contributed by atoms with Gasteiger partial charge in [0, 0.05) is 46.8 Å². The van der Waals surface area contributed by atoms with E-state index in [2.05, 4.69) is 93.8 Å². The Hall–Kier alpha value is -4.85. The van der Waals surface area contributed by atoms with Crippen LogP contribution in [0.2, 0.25) is 0 Å². The van der Waals surface area contributed by atoms with Crippen LogP contribution in [0, 0.1) is 163 Å². The predicted octanol–water partition coefficient (Wildman–Crippen LogP) is 23.2. The topological polar surface area (TPSA) is 132 Å². The Morgan fingerprint density at radius 3 is 0.952 bits per heavy atom. The van der Waals surface area contributed by atoms with E-state index in [-0.39, 0.29) is 41.2 Å². The molecule has 590 valence electrons. The van der Waals surface area contributed by atoms with Crippen LogP contribution in [0.1, 0.15) is 378 Å². The standard InChI is InChI=1S/C21H32O2.C20H32O2.2C18H28O2.C18H30O2/c1-6-8-20(5,23-18(22)19(3,4)7-2)21-12-15-9-16(13-21)11-17(10-15)14-21;1-5-15-20(16-11-7-8-12-16,17-13-9-10-14-17)22-18(21)19(3,4)6-2;1-6-10-18(5,20-16(19)17(3,4)7-2)15-12-13-8-9-14(15)11-13;1-5-13-18(15-11-12-15,14-9-7-8-10-14)20-16(19)17(3,4)6-2;1-7-13-18(14(3)4,15-11-9-10-12-15)20-16(19)17(5,6)8-2/h15-17H,7,9-14H2,1-5H3;16-17H,6-14H2,1-4H3;13-15H,7-9,11-12H2,1-5H3;14-15H,6-12H2,1-4H3;14-15H,8-12H2,1-6H3. The van der Waals surface area contributed by atoms with Crippen LogP contribution in [-0.2, 0) is 47.7 Å². The van der Waals surface area contributed by atoms with E-state index in [0.29, 0.717) is 41.4 Å². The van der Waals surface area contributed by atoms with Crippen LogP contribution in [0.15, 0.2) is 0 Å². The summed E-state index contributed by atoms with van der Waals surface area (Å²) in [5.41, 5.74) is -4.87. The fourth-order valence-corrected chi connectivity index (χ4v) is 19.7. The largest absolute Gasteiger partial charge is 0.445 e. The molecule has 10 heteroatoms. The smallest absolute Gasteiger partial charge is 0.313 e. The number of carbonyl (C=O) groups is 5. The molecular weight excluding hydrogens is 1300 g/mol. The summed E-state index contributed by atoms with van der Waals surface area (Å²) in [5, 5.41) is 0. The van der Waals surface area contributed by atoms with E-state index in [1.54, 1.807) is 0 Å². The van der Waals surface area contributed by atoms with Gasteiger partial charge in [-0.05, 0) is 301 Å². The quantitative estimate of drug-likeness (QED) is 0.0553. The molecule has 0 amide bonds. The third-order valence-electron chi connectivity index (χ3n) is 28.7. The van der Waals surface area contributed by atoms with Crippen LogP contribution in [0.3, 0.4) is 0 Å². The number of ether oxygens (including phenoxy) is 5. The minimum absolute atomic E-state index is 0.0588. The number of hydrogen-bond donors (Lipinski definition) is 0. The fourth-order valence-electron chi connectivity index (χ4n) is 19.7. The van der Waals surface area contributed by atoms with Crippen LogP contribution in [0.4, 0.5) is 0 Å². The van der Waals surface area contributed by atoms with Gasteiger partial charge < -0.3 is 23.7 Å². The molecule has 0 saturated heterocycles. The zero-order valence-corrected chi connectivity index (χ0v) is 71.3. The number of carbonyl (C=O) groups excluding carboxylic acids is 5. The summed E-state index contributed by atoms with van der Waals surface area (Å²) in [6.07, 6.45) is 38.3. The minimum atomic E-state index is -0.624. The molecule has 7 unspecified atom stereocenters. The maximum atomic E-state index is 12.8. The van der Waals surface area contributed by atoms with E-state index in [1.807, 2.05) is 132 Å². The van der Waals surface area contributed by atoms with Crippen molar-refractivity contribution in [3.63, 3.8) is 0 Å². The Balaban J connectivity index is 0.000000206. The maximum absolute atomic E-state index is 12.8. The molecule has 11 saturated carbocycles. The van der Waals surface area contributed by atoms with Gasteiger partial charge in [0.15, 0.2) is 28.0 Å². The van der Waals surface area contributed by atoms with Crippen LogP contribution >= 0.6 is 0 Å².